The Labute approximate surface area is 135 Å². The molecule has 7 heteroatoms. The van der Waals surface area contributed by atoms with Gasteiger partial charge in [-0.3, -0.25) is 14.8 Å². The van der Waals surface area contributed by atoms with Crippen LogP contribution in [0.1, 0.15) is 41.5 Å². The molecule has 2 aromatic heterocycles. The maximum Gasteiger partial charge on any atom is 0.234 e. The molecule has 0 bridgehead atoms. The van der Waals surface area contributed by atoms with Crippen LogP contribution in [0.15, 0.2) is 16.8 Å². The summed E-state index contributed by atoms with van der Waals surface area (Å²) < 4.78 is 5.11. The normalized spacial score (nSPS) is 19.0. The molecule has 1 atom stereocenters. The number of carbonyl (C=O) groups excluding carboxylic acids is 1. The lowest BCUT2D eigenvalue weighted by Gasteiger charge is -2.31. The number of hydrogen-bond donors (Lipinski definition) is 2. The molecule has 7 nitrogen and oxygen atoms in total. The van der Waals surface area contributed by atoms with E-state index in [9.17, 15) is 4.79 Å². The quantitative estimate of drug-likeness (QED) is 0.873. The smallest absolute Gasteiger partial charge is 0.234 e. The number of amides is 1. The van der Waals surface area contributed by atoms with Crippen LogP contribution in [0.4, 0.5) is 0 Å². The van der Waals surface area contributed by atoms with Crippen molar-refractivity contribution in [3.05, 3.63) is 35.0 Å². The fourth-order valence-electron chi connectivity index (χ4n) is 3.15. The molecule has 0 radical (unpaired) electrons. The molecule has 0 aliphatic carbocycles. The molecule has 0 spiro atoms. The molecule has 0 saturated carbocycles. The van der Waals surface area contributed by atoms with Crippen LogP contribution in [0.25, 0.3) is 0 Å². The number of piperidine rings is 1. The molecule has 3 rings (SSSR count). The minimum atomic E-state index is 0.0373. The van der Waals surface area contributed by atoms with Crippen molar-refractivity contribution < 1.29 is 9.32 Å². The van der Waals surface area contributed by atoms with Gasteiger partial charge in [-0.05, 0) is 39.3 Å². The Balaban J connectivity index is 1.49. The fraction of sp³-hybridized carbons (Fsp3) is 0.562. The lowest BCUT2D eigenvalue weighted by atomic mass is 9.95. The largest absolute Gasteiger partial charge is 0.361 e. The molecular weight excluding hydrogens is 294 g/mol. The maximum atomic E-state index is 12.2. The van der Waals surface area contributed by atoms with Crippen molar-refractivity contribution in [2.24, 2.45) is 0 Å². The van der Waals surface area contributed by atoms with Crippen LogP contribution < -0.4 is 5.32 Å². The third-order valence-electron chi connectivity index (χ3n) is 4.48. The second-order valence-corrected chi connectivity index (χ2v) is 6.17. The third-order valence-corrected chi connectivity index (χ3v) is 4.48. The Morgan fingerprint density at radius 1 is 1.52 bits per heavy atom. The summed E-state index contributed by atoms with van der Waals surface area (Å²) in [6, 6.07) is 2.02. The van der Waals surface area contributed by atoms with Crippen LogP contribution in [0.2, 0.25) is 0 Å². The zero-order valence-corrected chi connectivity index (χ0v) is 13.6. The molecule has 2 N–H and O–H groups in total. The van der Waals surface area contributed by atoms with E-state index in [4.69, 9.17) is 4.52 Å². The average Bonchev–Trinajstić information content (AvgIpc) is 3.17. The second-order valence-electron chi connectivity index (χ2n) is 6.17. The van der Waals surface area contributed by atoms with Gasteiger partial charge in [0.05, 0.1) is 12.2 Å². The highest BCUT2D eigenvalue weighted by Gasteiger charge is 2.23. The van der Waals surface area contributed by atoms with Crippen molar-refractivity contribution in [2.45, 2.75) is 39.2 Å². The Morgan fingerprint density at radius 2 is 2.39 bits per heavy atom. The monoisotopic (exact) mass is 317 g/mol. The van der Waals surface area contributed by atoms with Crippen LogP contribution in [0, 0.1) is 13.8 Å². The maximum absolute atomic E-state index is 12.2. The van der Waals surface area contributed by atoms with E-state index in [1.807, 2.05) is 19.9 Å². The summed E-state index contributed by atoms with van der Waals surface area (Å²) in [6.07, 6.45) is 4.02. The van der Waals surface area contributed by atoms with Crippen LogP contribution in [-0.2, 0) is 11.3 Å². The molecule has 1 saturated heterocycles. The first kappa shape index (κ1) is 15.7. The molecule has 1 amide bonds. The Morgan fingerprint density at radius 3 is 3.09 bits per heavy atom. The van der Waals surface area contributed by atoms with Gasteiger partial charge in [-0.25, -0.2) is 0 Å². The number of nitrogens with one attached hydrogen (secondary N) is 2. The number of aryl methyl sites for hydroxylation is 2. The van der Waals surface area contributed by atoms with Crippen molar-refractivity contribution in [2.75, 3.05) is 19.6 Å². The highest BCUT2D eigenvalue weighted by molar-refractivity contribution is 5.78. The summed E-state index contributed by atoms with van der Waals surface area (Å²) in [7, 11) is 0. The first-order valence-corrected chi connectivity index (χ1v) is 8.03. The Hall–Kier alpha value is -2.15. The first-order chi connectivity index (χ1) is 11.1. The summed E-state index contributed by atoms with van der Waals surface area (Å²) in [6.45, 7) is 6.49. The van der Waals surface area contributed by atoms with Gasteiger partial charge in [0.2, 0.25) is 5.91 Å². The van der Waals surface area contributed by atoms with Crippen LogP contribution in [0.5, 0.6) is 0 Å². The first-order valence-electron chi connectivity index (χ1n) is 8.03. The molecule has 1 aliphatic rings. The lowest BCUT2D eigenvalue weighted by molar-refractivity contribution is -0.122. The molecule has 3 heterocycles. The van der Waals surface area contributed by atoms with Gasteiger partial charge in [0.1, 0.15) is 5.76 Å². The molecular formula is C16H23N5O2. The number of hydrogen-bond acceptors (Lipinski definition) is 5. The number of rotatable bonds is 5. The molecule has 1 fully saturated rings. The third kappa shape index (κ3) is 3.79. The minimum Gasteiger partial charge on any atom is -0.361 e. The van der Waals surface area contributed by atoms with Gasteiger partial charge in [0, 0.05) is 36.5 Å². The van der Waals surface area contributed by atoms with Gasteiger partial charge in [-0.1, -0.05) is 5.16 Å². The Bertz CT molecular complexity index is 630. The van der Waals surface area contributed by atoms with Crippen molar-refractivity contribution in [3.8, 4) is 0 Å². The van der Waals surface area contributed by atoms with Crippen molar-refractivity contribution >= 4 is 5.91 Å². The molecule has 0 aromatic carbocycles. The van der Waals surface area contributed by atoms with Gasteiger partial charge < -0.3 is 9.84 Å². The standard InChI is InChI=1S/C16H23N5O2/c1-11-14(12(2)23-20-11)8-17-16(22)10-21-7-3-4-13(9-21)15-5-6-18-19-15/h5-6,13H,3-4,7-10H2,1-2H3,(H,17,22)(H,18,19). The number of aromatic amines is 1. The van der Waals surface area contributed by atoms with Crippen LogP contribution in [-0.4, -0.2) is 45.8 Å². The van der Waals surface area contributed by atoms with E-state index in [1.165, 1.54) is 0 Å². The number of carbonyl (C=O) groups is 1. The zero-order chi connectivity index (χ0) is 16.2. The molecule has 124 valence electrons. The second kappa shape index (κ2) is 6.95. The van der Waals surface area contributed by atoms with Crippen molar-refractivity contribution in [3.63, 3.8) is 0 Å². The van der Waals surface area contributed by atoms with E-state index in [0.717, 1.165) is 48.6 Å². The molecule has 1 unspecified atom stereocenters. The van der Waals surface area contributed by atoms with E-state index in [1.54, 1.807) is 6.20 Å². The Kier molecular flexibility index (Phi) is 4.76. The van der Waals surface area contributed by atoms with Gasteiger partial charge in [-0.15, -0.1) is 0 Å². The van der Waals surface area contributed by atoms with Crippen molar-refractivity contribution in [1.29, 1.82) is 0 Å². The van der Waals surface area contributed by atoms with Gasteiger partial charge in [0.15, 0.2) is 0 Å². The van der Waals surface area contributed by atoms with Gasteiger partial charge >= 0.3 is 0 Å². The predicted molar refractivity (Wildman–Crippen MR) is 84.8 cm³/mol. The zero-order valence-electron chi connectivity index (χ0n) is 13.6. The highest BCUT2D eigenvalue weighted by Crippen LogP contribution is 2.24. The molecule has 2 aromatic rings. The van der Waals surface area contributed by atoms with E-state index in [0.29, 0.717) is 19.0 Å². The summed E-state index contributed by atoms with van der Waals surface area (Å²) in [5.41, 5.74) is 2.96. The van der Waals surface area contributed by atoms with Crippen LogP contribution in [0.3, 0.4) is 0 Å². The van der Waals surface area contributed by atoms with Gasteiger partial charge in [0.25, 0.3) is 0 Å². The lowest BCUT2D eigenvalue weighted by Crippen LogP contribution is -2.42. The summed E-state index contributed by atoms with van der Waals surface area (Å²) in [5, 5.41) is 13.9. The summed E-state index contributed by atoms with van der Waals surface area (Å²) >= 11 is 0. The van der Waals surface area contributed by atoms with Crippen LogP contribution >= 0.6 is 0 Å². The number of H-pyrrole nitrogens is 1. The van der Waals surface area contributed by atoms with Gasteiger partial charge in [-0.2, -0.15) is 5.10 Å². The molecule has 1 aliphatic heterocycles. The average molecular weight is 317 g/mol. The molecule has 23 heavy (non-hydrogen) atoms. The minimum absolute atomic E-state index is 0.0373. The van der Waals surface area contributed by atoms with E-state index in [-0.39, 0.29) is 5.91 Å². The fourth-order valence-corrected chi connectivity index (χ4v) is 3.15. The van der Waals surface area contributed by atoms with Crippen molar-refractivity contribution in [1.82, 2.24) is 25.6 Å². The SMILES string of the molecule is Cc1noc(C)c1CNC(=O)CN1CCCC(c2ccn[nH]2)C1. The van der Waals surface area contributed by atoms with E-state index in [2.05, 4.69) is 25.6 Å². The van der Waals surface area contributed by atoms with E-state index < -0.39 is 0 Å². The number of nitrogens with zero attached hydrogens (tertiary/aromatic N) is 3. The number of likely N-dealkylation sites (tertiary alicyclic amines) is 1. The van der Waals surface area contributed by atoms with E-state index >= 15 is 0 Å². The predicted octanol–water partition coefficient (Wildman–Crippen LogP) is 1.51. The number of aromatic nitrogens is 3. The topological polar surface area (TPSA) is 87.1 Å². The highest BCUT2D eigenvalue weighted by atomic mass is 16.5. The summed E-state index contributed by atoms with van der Waals surface area (Å²) in [5.74, 6) is 1.23. The summed E-state index contributed by atoms with van der Waals surface area (Å²) in [4.78, 5) is 14.4.